The molecule has 0 aliphatic rings. The van der Waals surface area contributed by atoms with Gasteiger partial charge in [-0.1, -0.05) is 12.1 Å². The Morgan fingerprint density at radius 1 is 1.38 bits per heavy atom. The van der Waals surface area contributed by atoms with Crippen LogP contribution in [-0.2, 0) is 17.3 Å². The van der Waals surface area contributed by atoms with Crippen molar-refractivity contribution in [3.63, 3.8) is 0 Å². The number of rotatable bonds is 9. The van der Waals surface area contributed by atoms with Crippen LogP contribution in [0, 0.1) is 5.53 Å². The molecule has 9 heteroatoms. The largest absolute Gasteiger partial charge is 0.457 e. The van der Waals surface area contributed by atoms with Gasteiger partial charge in [-0.15, -0.1) is 0 Å². The minimum absolute atomic E-state index is 0.0590. The predicted molar refractivity (Wildman–Crippen MR) is 91.1 cm³/mol. The number of nitrogens with one attached hydrogen (secondary N) is 2. The summed E-state index contributed by atoms with van der Waals surface area (Å²) in [5.74, 6) is -2.93. The van der Waals surface area contributed by atoms with Crippen molar-refractivity contribution in [1.82, 2.24) is 9.97 Å². The number of methoxy groups -OCH3 is 1. The van der Waals surface area contributed by atoms with Crippen molar-refractivity contribution in [3.8, 4) is 6.01 Å². The standard InChI is InChI=1S/C17H19F2N5O2/c1-17(18,19)12-4-3-5-13(8-12)22-9-15(24-20)11-26-16-21-7-6-14(23-16)10-25-2/h3-9,20,22H,10-11H2,1-2H3/b15-9-,24-20?. The molecule has 7 nitrogen and oxygen atoms in total. The highest BCUT2D eigenvalue weighted by Crippen LogP contribution is 2.28. The molecule has 138 valence electrons. The lowest BCUT2D eigenvalue weighted by Gasteiger charge is -2.12. The third-order valence-corrected chi connectivity index (χ3v) is 3.25. The number of benzene rings is 1. The first-order valence-electron chi connectivity index (χ1n) is 7.67. The van der Waals surface area contributed by atoms with Crippen molar-refractivity contribution in [2.24, 2.45) is 5.11 Å². The van der Waals surface area contributed by atoms with Crippen LogP contribution in [0.3, 0.4) is 0 Å². The van der Waals surface area contributed by atoms with Crippen molar-refractivity contribution in [1.29, 1.82) is 5.53 Å². The van der Waals surface area contributed by atoms with E-state index in [9.17, 15) is 8.78 Å². The summed E-state index contributed by atoms with van der Waals surface area (Å²) in [6.07, 6.45) is 2.94. The average Bonchev–Trinajstić information content (AvgIpc) is 2.62. The number of nitrogens with zero attached hydrogens (tertiary/aromatic N) is 3. The Balaban J connectivity index is 2.00. The molecule has 0 aliphatic heterocycles. The van der Waals surface area contributed by atoms with Gasteiger partial charge in [-0.25, -0.2) is 19.3 Å². The Morgan fingerprint density at radius 3 is 2.88 bits per heavy atom. The second-order valence-electron chi connectivity index (χ2n) is 5.41. The molecule has 0 radical (unpaired) electrons. The lowest BCUT2D eigenvalue weighted by molar-refractivity contribution is 0.0175. The van der Waals surface area contributed by atoms with E-state index in [0.717, 1.165) is 6.92 Å². The van der Waals surface area contributed by atoms with Gasteiger partial charge in [-0.05, 0) is 18.2 Å². The molecule has 1 heterocycles. The van der Waals surface area contributed by atoms with Gasteiger partial charge >= 0.3 is 6.01 Å². The van der Waals surface area contributed by atoms with Crippen molar-refractivity contribution < 1.29 is 18.3 Å². The van der Waals surface area contributed by atoms with Crippen LogP contribution in [-0.4, -0.2) is 23.7 Å². The quantitative estimate of drug-likeness (QED) is 0.655. The van der Waals surface area contributed by atoms with E-state index in [4.69, 9.17) is 15.0 Å². The Kier molecular flexibility index (Phi) is 6.67. The van der Waals surface area contributed by atoms with Gasteiger partial charge in [0, 0.05) is 37.7 Å². The minimum atomic E-state index is -2.93. The Labute approximate surface area is 149 Å². The minimum Gasteiger partial charge on any atom is -0.457 e. The molecule has 0 saturated carbocycles. The van der Waals surface area contributed by atoms with Crippen LogP contribution < -0.4 is 10.1 Å². The van der Waals surface area contributed by atoms with Crippen LogP contribution >= 0.6 is 0 Å². The predicted octanol–water partition coefficient (Wildman–Crippen LogP) is 4.10. The maximum absolute atomic E-state index is 13.4. The third-order valence-electron chi connectivity index (χ3n) is 3.25. The molecular weight excluding hydrogens is 344 g/mol. The molecule has 0 atom stereocenters. The highest BCUT2D eigenvalue weighted by molar-refractivity contribution is 5.49. The number of hydrogen-bond acceptors (Lipinski definition) is 7. The molecule has 1 aromatic carbocycles. The SMILES string of the molecule is COCc1ccnc(OC/C(=C/Nc2cccc(C(C)(F)F)c2)N=N)n1. The van der Waals surface area contributed by atoms with E-state index in [1.54, 1.807) is 19.2 Å². The smallest absolute Gasteiger partial charge is 0.317 e. The van der Waals surface area contributed by atoms with Gasteiger partial charge < -0.3 is 14.8 Å². The van der Waals surface area contributed by atoms with E-state index in [0.29, 0.717) is 18.0 Å². The number of halogens is 2. The molecule has 0 amide bonds. The van der Waals surface area contributed by atoms with Crippen molar-refractivity contribution >= 4 is 5.69 Å². The highest BCUT2D eigenvalue weighted by Gasteiger charge is 2.23. The Hall–Kier alpha value is -2.94. The van der Waals surface area contributed by atoms with E-state index < -0.39 is 5.92 Å². The second kappa shape index (κ2) is 8.95. The van der Waals surface area contributed by atoms with E-state index in [2.05, 4.69) is 20.4 Å². The molecule has 2 rings (SSSR count). The van der Waals surface area contributed by atoms with Crippen molar-refractivity contribution in [2.45, 2.75) is 19.5 Å². The van der Waals surface area contributed by atoms with Gasteiger partial charge in [0.15, 0.2) is 0 Å². The van der Waals surface area contributed by atoms with Crippen LogP contribution in [0.2, 0.25) is 0 Å². The van der Waals surface area contributed by atoms with Gasteiger partial charge in [0.2, 0.25) is 0 Å². The number of ether oxygens (including phenoxy) is 2. The maximum Gasteiger partial charge on any atom is 0.317 e. The first-order valence-corrected chi connectivity index (χ1v) is 7.67. The normalized spacial score (nSPS) is 11.9. The van der Waals surface area contributed by atoms with Crippen LogP contribution in [0.25, 0.3) is 0 Å². The summed E-state index contributed by atoms with van der Waals surface area (Å²) in [5, 5.41) is 6.17. The van der Waals surface area contributed by atoms with Gasteiger partial charge in [0.1, 0.15) is 12.3 Å². The summed E-state index contributed by atoms with van der Waals surface area (Å²) < 4.78 is 37.1. The van der Waals surface area contributed by atoms with Gasteiger partial charge in [0.05, 0.1) is 12.3 Å². The molecular formula is C17H19F2N5O2. The lowest BCUT2D eigenvalue weighted by Crippen LogP contribution is -2.07. The zero-order valence-electron chi connectivity index (χ0n) is 14.4. The molecule has 2 aromatic rings. The Bertz CT molecular complexity index is 778. The zero-order chi connectivity index (χ0) is 19.0. The fourth-order valence-electron chi connectivity index (χ4n) is 1.97. The summed E-state index contributed by atoms with van der Waals surface area (Å²) in [5.41, 5.74) is 8.42. The molecule has 1 aromatic heterocycles. The molecule has 0 aliphatic carbocycles. The monoisotopic (exact) mass is 363 g/mol. The fourth-order valence-corrected chi connectivity index (χ4v) is 1.97. The van der Waals surface area contributed by atoms with Gasteiger partial charge in [-0.2, -0.15) is 10.1 Å². The molecule has 0 saturated heterocycles. The average molecular weight is 363 g/mol. The van der Waals surface area contributed by atoms with Crippen LogP contribution in [0.4, 0.5) is 14.5 Å². The fraction of sp³-hybridized carbons (Fsp3) is 0.294. The molecule has 26 heavy (non-hydrogen) atoms. The van der Waals surface area contributed by atoms with E-state index >= 15 is 0 Å². The molecule has 0 fully saturated rings. The van der Waals surface area contributed by atoms with Gasteiger partial charge in [-0.3, -0.25) is 0 Å². The highest BCUT2D eigenvalue weighted by atomic mass is 19.3. The van der Waals surface area contributed by atoms with E-state index in [-0.39, 0.29) is 23.9 Å². The second-order valence-corrected chi connectivity index (χ2v) is 5.41. The van der Waals surface area contributed by atoms with Crippen molar-refractivity contribution in [2.75, 3.05) is 19.0 Å². The molecule has 0 unspecified atom stereocenters. The zero-order valence-corrected chi connectivity index (χ0v) is 14.4. The van der Waals surface area contributed by atoms with E-state index in [1.807, 2.05) is 0 Å². The van der Waals surface area contributed by atoms with E-state index in [1.165, 1.54) is 30.6 Å². The lowest BCUT2D eigenvalue weighted by atomic mass is 10.1. The summed E-state index contributed by atoms with van der Waals surface area (Å²) in [7, 11) is 1.55. The maximum atomic E-state index is 13.4. The third kappa shape index (κ3) is 5.85. The number of aromatic nitrogens is 2. The topological polar surface area (TPSA) is 92.5 Å². The number of hydrogen-bond donors (Lipinski definition) is 2. The first-order chi connectivity index (χ1) is 12.4. The molecule has 0 bridgehead atoms. The molecule has 2 N–H and O–H groups in total. The number of anilines is 1. The van der Waals surface area contributed by atoms with Crippen LogP contribution in [0.15, 0.2) is 53.5 Å². The van der Waals surface area contributed by atoms with Crippen LogP contribution in [0.5, 0.6) is 6.01 Å². The van der Waals surface area contributed by atoms with Crippen LogP contribution in [0.1, 0.15) is 18.2 Å². The molecule has 0 spiro atoms. The summed E-state index contributed by atoms with van der Waals surface area (Å²) in [6.45, 7) is 1.10. The summed E-state index contributed by atoms with van der Waals surface area (Å²) >= 11 is 0. The first kappa shape index (κ1) is 19.4. The number of alkyl halides is 2. The van der Waals surface area contributed by atoms with Gasteiger partial charge in [0.25, 0.3) is 5.92 Å². The summed E-state index contributed by atoms with van der Waals surface area (Å²) in [6, 6.07) is 7.65. The van der Waals surface area contributed by atoms with Crippen molar-refractivity contribution in [3.05, 3.63) is 59.7 Å². The summed E-state index contributed by atoms with van der Waals surface area (Å²) in [4.78, 5) is 8.10. The Morgan fingerprint density at radius 2 is 2.19 bits per heavy atom.